The largest absolute Gasteiger partial charge is 0.491 e. The molecule has 17 heavy (non-hydrogen) atoms. The smallest absolute Gasteiger partial charge is 0.125 e. The van der Waals surface area contributed by atoms with Crippen LogP contribution >= 0.6 is 0 Å². The van der Waals surface area contributed by atoms with Gasteiger partial charge in [-0.05, 0) is 37.6 Å². The monoisotopic (exact) mass is 231 g/mol. The van der Waals surface area contributed by atoms with Crippen LogP contribution in [0.1, 0.15) is 19.6 Å². The predicted octanol–water partition coefficient (Wildman–Crippen LogP) is 3.19. The van der Waals surface area contributed by atoms with Crippen molar-refractivity contribution in [3.8, 4) is 16.9 Å². The zero-order chi connectivity index (χ0) is 12.3. The fraction of sp³-hybridized carbons (Fsp3) is 0.286. The highest BCUT2D eigenvalue weighted by molar-refractivity contribution is 5.66. The average molecular weight is 231 g/mol. The molecule has 2 N–H and O–H groups in total. The minimum atomic E-state index is 0.189. The van der Waals surface area contributed by atoms with Crippen molar-refractivity contribution in [2.45, 2.75) is 26.5 Å². The third-order valence-corrected chi connectivity index (χ3v) is 2.47. The van der Waals surface area contributed by atoms with E-state index in [4.69, 9.17) is 14.9 Å². The molecule has 0 amide bonds. The van der Waals surface area contributed by atoms with Crippen LogP contribution in [0.5, 0.6) is 5.75 Å². The first-order valence-corrected chi connectivity index (χ1v) is 5.74. The first-order valence-electron chi connectivity index (χ1n) is 5.74. The molecule has 0 aliphatic rings. The molecular formula is C14H17NO2. The van der Waals surface area contributed by atoms with Crippen molar-refractivity contribution in [2.24, 2.45) is 5.73 Å². The Balaban J connectivity index is 2.23. The van der Waals surface area contributed by atoms with Crippen LogP contribution in [0.15, 0.2) is 41.0 Å². The summed E-state index contributed by atoms with van der Waals surface area (Å²) in [5, 5.41) is 0. The quantitative estimate of drug-likeness (QED) is 0.879. The highest BCUT2D eigenvalue weighted by atomic mass is 16.5. The average Bonchev–Trinajstić information content (AvgIpc) is 2.77. The molecule has 0 radical (unpaired) electrons. The molecular weight excluding hydrogens is 214 g/mol. The van der Waals surface area contributed by atoms with E-state index in [9.17, 15) is 0 Å². The Hall–Kier alpha value is -1.74. The number of hydrogen-bond donors (Lipinski definition) is 1. The molecule has 1 aromatic heterocycles. The first kappa shape index (κ1) is 11.7. The van der Waals surface area contributed by atoms with Crippen LogP contribution in [0.4, 0.5) is 0 Å². The Morgan fingerprint density at radius 1 is 1.18 bits per heavy atom. The molecule has 2 rings (SSSR count). The van der Waals surface area contributed by atoms with Gasteiger partial charge in [-0.3, -0.25) is 0 Å². The molecule has 0 aliphatic heterocycles. The van der Waals surface area contributed by atoms with Gasteiger partial charge in [0, 0.05) is 5.56 Å². The standard InChI is InChI=1S/C14H17NO2/c1-10(2)17-12-5-3-11(4-6-12)13-7-8-16-14(13)9-15/h3-8,10H,9,15H2,1-2H3. The van der Waals surface area contributed by atoms with E-state index in [1.165, 1.54) is 0 Å². The van der Waals surface area contributed by atoms with E-state index in [2.05, 4.69) is 0 Å². The number of furan rings is 1. The lowest BCUT2D eigenvalue weighted by Gasteiger charge is -2.10. The van der Waals surface area contributed by atoms with Crippen LogP contribution in [-0.4, -0.2) is 6.10 Å². The van der Waals surface area contributed by atoms with E-state index < -0.39 is 0 Å². The molecule has 0 atom stereocenters. The van der Waals surface area contributed by atoms with E-state index in [1.807, 2.05) is 44.2 Å². The summed E-state index contributed by atoms with van der Waals surface area (Å²) in [6, 6.07) is 9.88. The summed E-state index contributed by atoms with van der Waals surface area (Å²) in [5.41, 5.74) is 7.75. The van der Waals surface area contributed by atoms with Crippen molar-refractivity contribution >= 4 is 0 Å². The number of ether oxygens (including phenoxy) is 1. The van der Waals surface area contributed by atoms with Crippen LogP contribution < -0.4 is 10.5 Å². The molecule has 90 valence electrons. The van der Waals surface area contributed by atoms with Gasteiger partial charge in [-0.2, -0.15) is 0 Å². The van der Waals surface area contributed by atoms with Gasteiger partial charge in [-0.15, -0.1) is 0 Å². The van der Waals surface area contributed by atoms with Crippen molar-refractivity contribution in [3.05, 3.63) is 42.4 Å². The fourth-order valence-corrected chi connectivity index (χ4v) is 1.74. The zero-order valence-corrected chi connectivity index (χ0v) is 10.1. The van der Waals surface area contributed by atoms with Gasteiger partial charge in [-0.25, -0.2) is 0 Å². The zero-order valence-electron chi connectivity index (χ0n) is 10.1. The Kier molecular flexibility index (Phi) is 3.49. The maximum absolute atomic E-state index is 5.61. The maximum atomic E-state index is 5.61. The Labute approximate surface area is 101 Å². The molecule has 0 saturated carbocycles. The summed E-state index contributed by atoms with van der Waals surface area (Å²) in [6.45, 7) is 4.43. The Bertz CT molecular complexity index is 471. The molecule has 2 aromatic rings. The second kappa shape index (κ2) is 5.06. The third kappa shape index (κ3) is 2.68. The van der Waals surface area contributed by atoms with E-state index in [0.717, 1.165) is 22.6 Å². The third-order valence-electron chi connectivity index (χ3n) is 2.47. The molecule has 3 heteroatoms. The van der Waals surface area contributed by atoms with E-state index >= 15 is 0 Å². The molecule has 0 bridgehead atoms. The van der Waals surface area contributed by atoms with Gasteiger partial charge >= 0.3 is 0 Å². The van der Waals surface area contributed by atoms with Crippen molar-refractivity contribution < 1.29 is 9.15 Å². The van der Waals surface area contributed by atoms with Gasteiger partial charge in [0.2, 0.25) is 0 Å². The maximum Gasteiger partial charge on any atom is 0.125 e. The van der Waals surface area contributed by atoms with Gasteiger partial charge in [0.1, 0.15) is 11.5 Å². The molecule has 1 aromatic carbocycles. The lowest BCUT2D eigenvalue weighted by molar-refractivity contribution is 0.242. The van der Waals surface area contributed by atoms with Gasteiger partial charge < -0.3 is 14.9 Å². The molecule has 0 aliphatic carbocycles. The summed E-state index contributed by atoms with van der Waals surface area (Å²) >= 11 is 0. The van der Waals surface area contributed by atoms with Crippen LogP contribution in [0.2, 0.25) is 0 Å². The van der Waals surface area contributed by atoms with Crippen molar-refractivity contribution in [3.63, 3.8) is 0 Å². The van der Waals surface area contributed by atoms with Crippen LogP contribution in [0.3, 0.4) is 0 Å². The Morgan fingerprint density at radius 3 is 2.47 bits per heavy atom. The van der Waals surface area contributed by atoms with Crippen molar-refractivity contribution in [1.82, 2.24) is 0 Å². The van der Waals surface area contributed by atoms with Gasteiger partial charge in [0.15, 0.2) is 0 Å². The predicted molar refractivity (Wildman–Crippen MR) is 67.8 cm³/mol. The summed E-state index contributed by atoms with van der Waals surface area (Å²) < 4.78 is 10.9. The first-order chi connectivity index (χ1) is 8.20. The van der Waals surface area contributed by atoms with Crippen molar-refractivity contribution in [1.29, 1.82) is 0 Å². The van der Waals surface area contributed by atoms with Gasteiger partial charge in [0.05, 0.1) is 18.9 Å². The highest BCUT2D eigenvalue weighted by Gasteiger charge is 2.07. The van der Waals surface area contributed by atoms with E-state index in [-0.39, 0.29) is 6.10 Å². The van der Waals surface area contributed by atoms with Crippen LogP contribution in [0.25, 0.3) is 11.1 Å². The second-order valence-corrected chi connectivity index (χ2v) is 4.15. The summed E-state index contributed by atoms with van der Waals surface area (Å²) in [6.07, 6.45) is 1.85. The van der Waals surface area contributed by atoms with Crippen LogP contribution in [0, 0.1) is 0 Å². The molecule has 1 heterocycles. The van der Waals surface area contributed by atoms with Crippen molar-refractivity contribution in [2.75, 3.05) is 0 Å². The molecule has 0 unspecified atom stereocenters. The lowest BCUT2D eigenvalue weighted by atomic mass is 10.1. The molecule has 0 spiro atoms. The SMILES string of the molecule is CC(C)Oc1ccc(-c2ccoc2CN)cc1. The second-order valence-electron chi connectivity index (χ2n) is 4.15. The van der Waals surface area contributed by atoms with E-state index in [1.54, 1.807) is 6.26 Å². The number of nitrogens with two attached hydrogens (primary N) is 1. The fourth-order valence-electron chi connectivity index (χ4n) is 1.74. The summed E-state index contributed by atoms with van der Waals surface area (Å²) in [7, 11) is 0. The number of rotatable bonds is 4. The lowest BCUT2D eigenvalue weighted by Crippen LogP contribution is -2.05. The minimum Gasteiger partial charge on any atom is -0.491 e. The molecule has 0 fully saturated rings. The van der Waals surface area contributed by atoms with E-state index in [0.29, 0.717) is 6.54 Å². The number of hydrogen-bond acceptors (Lipinski definition) is 3. The number of benzene rings is 1. The topological polar surface area (TPSA) is 48.4 Å². The summed E-state index contributed by atoms with van der Waals surface area (Å²) in [4.78, 5) is 0. The molecule has 3 nitrogen and oxygen atoms in total. The van der Waals surface area contributed by atoms with Gasteiger partial charge in [0.25, 0.3) is 0 Å². The normalized spacial score (nSPS) is 10.8. The minimum absolute atomic E-state index is 0.189. The van der Waals surface area contributed by atoms with Crippen LogP contribution in [-0.2, 0) is 6.54 Å². The highest BCUT2D eigenvalue weighted by Crippen LogP contribution is 2.26. The van der Waals surface area contributed by atoms with Gasteiger partial charge in [-0.1, -0.05) is 12.1 Å². The molecule has 0 saturated heterocycles. The Morgan fingerprint density at radius 2 is 1.88 bits per heavy atom. The summed E-state index contributed by atoms with van der Waals surface area (Å²) in [5.74, 6) is 1.68.